The van der Waals surface area contributed by atoms with E-state index < -0.39 is 18.2 Å². The molecule has 2 saturated heterocycles. The highest BCUT2D eigenvalue weighted by Gasteiger charge is 2.54. The Morgan fingerprint density at radius 1 is 1.09 bits per heavy atom. The molecular weight excluding hydrogens is 453 g/mol. The van der Waals surface area contributed by atoms with Gasteiger partial charge >= 0.3 is 6.03 Å². The SMILES string of the molecule is COc1ccc(N2CCN3C2=NC2C3C(=O)N(Cc3ccc(Cl)cc3Cl)C(=O)N2C)cc1. The third kappa shape index (κ3) is 3.25. The third-order valence-corrected chi connectivity index (χ3v) is 6.69. The summed E-state index contributed by atoms with van der Waals surface area (Å²) in [6.07, 6.45) is -0.567. The summed E-state index contributed by atoms with van der Waals surface area (Å²) in [4.78, 5) is 38.1. The van der Waals surface area contributed by atoms with Crippen molar-refractivity contribution in [2.45, 2.75) is 18.8 Å². The van der Waals surface area contributed by atoms with Crippen LogP contribution in [0.25, 0.3) is 0 Å². The van der Waals surface area contributed by atoms with E-state index in [2.05, 4.69) is 4.90 Å². The van der Waals surface area contributed by atoms with Gasteiger partial charge in [0.25, 0.3) is 5.91 Å². The number of guanidine groups is 1. The molecule has 2 fully saturated rings. The van der Waals surface area contributed by atoms with Gasteiger partial charge in [-0.25, -0.2) is 9.79 Å². The Morgan fingerprint density at radius 2 is 1.84 bits per heavy atom. The summed E-state index contributed by atoms with van der Waals surface area (Å²) in [5.74, 6) is 1.19. The van der Waals surface area contributed by atoms with Gasteiger partial charge in [-0.05, 0) is 42.0 Å². The molecule has 2 atom stereocenters. The number of likely N-dealkylation sites (N-methyl/N-ethyl adjacent to an activating group) is 1. The number of benzene rings is 2. The Hall–Kier alpha value is -2.97. The molecule has 2 aromatic rings. The maximum absolute atomic E-state index is 13.5. The van der Waals surface area contributed by atoms with Crippen molar-refractivity contribution < 1.29 is 14.3 Å². The Kier molecular flexibility index (Phi) is 5.14. The minimum atomic E-state index is -0.568. The van der Waals surface area contributed by atoms with Crippen molar-refractivity contribution in [2.75, 3.05) is 32.1 Å². The van der Waals surface area contributed by atoms with E-state index in [0.717, 1.165) is 11.4 Å². The van der Waals surface area contributed by atoms with E-state index in [0.29, 0.717) is 34.7 Å². The van der Waals surface area contributed by atoms with Gasteiger partial charge in [0.1, 0.15) is 5.75 Å². The van der Waals surface area contributed by atoms with Crippen LogP contribution >= 0.6 is 23.2 Å². The standard InChI is InChI=1S/C22H21Cl2N5O3/c1-26-19-18(20(30)29(22(26)31)12-13-3-4-14(23)11-17(13)24)28-10-9-27(21(28)25-19)15-5-7-16(32-2)8-6-15/h3-8,11,18-19H,9-10,12H2,1-2H3. The van der Waals surface area contributed by atoms with Gasteiger partial charge in [0, 0.05) is 35.9 Å². The average molecular weight is 474 g/mol. The van der Waals surface area contributed by atoms with Crippen molar-refractivity contribution in [2.24, 2.45) is 4.99 Å². The van der Waals surface area contributed by atoms with Crippen LogP contribution in [0.2, 0.25) is 10.0 Å². The molecule has 0 radical (unpaired) electrons. The van der Waals surface area contributed by atoms with Crippen LogP contribution in [-0.2, 0) is 11.3 Å². The number of nitrogens with zero attached hydrogens (tertiary/aromatic N) is 5. The zero-order chi connectivity index (χ0) is 22.6. The number of carbonyl (C=O) groups excluding carboxylic acids is 2. The number of ether oxygens (including phenoxy) is 1. The Morgan fingerprint density at radius 3 is 2.53 bits per heavy atom. The molecule has 3 amide bonds. The number of amides is 3. The topological polar surface area (TPSA) is 68.7 Å². The monoisotopic (exact) mass is 473 g/mol. The predicted molar refractivity (Wildman–Crippen MR) is 122 cm³/mol. The van der Waals surface area contributed by atoms with Crippen LogP contribution in [0.3, 0.4) is 0 Å². The molecule has 3 aliphatic rings. The van der Waals surface area contributed by atoms with Gasteiger partial charge < -0.3 is 19.4 Å². The Labute approximate surface area is 195 Å². The van der Waals surface area contributed by atoms with E-state index in [1.54, 1.807) is 32.4 Å². The van der Waals surface area contributed by atoms with E-state index in [-0.39, 0.29) is 12.5 Å². The molecule has 0 saturated carbocycles. The summed E-state index contributed by atoms with van der Waals surface area (Å²) in [5.41, 5.74) is 1.61. The van der Waals surface area contributed by atoms with Gasteiger partial charge in [-0.15, -0.1) is 0 Å². The van der Waals surface area contributed by atoms with Crippen LogP contribution in [0, 0.1) is 0 Å². The van der Waals surface area contributed by atoms with Crippen LogP contribution in [0.15, 0.2) is 47.5 Å². The summed E-state index contributed by atoms with van der Waals surface area (Å²) in [7, 11) is 3.30. The van der Waals surface area contributed by atoms with Crippen LogP contribution in [0.5, 0.6) is 5.75 Å². The highest BCUT2D eigenvalue weighted by molar-refractivity contribution is 6.35. The molecule has 0 N–H and O–H groups in total. The molecule has 2 aromatic carbocycles. The Bertz CT molecular complexity index is 1120. The highest BCUT2D eigenvalue weighted by Crippen LogP contribution is 2.34. The van der Waals surface area contributed by atoms with Crippen LogP contribution < -0.4 is 9.64 Å². The molecule has 5 rings (SSSR count). The number of fused-ring (bicyclic) bond motifs is 3. The van der Waals surface area contributed by atoms with Crippen molar-refractivity contribution in [3.05, 3.63) is 58.1 Å². The van der Waals surface area contributed by atoms with E-state index in [9.17, 15) is 9.59 Å². The summed E-state index contributed by atoms with van der Waals surface area (Å²) in [6, 6.07) is 11.8. The molecule has 2 unspecified atom stereocenters. The van der Waals surface area contributed by atoms with Gasteiger partial charge in [0.15, 0.2) is 12.2 Å². The van der Waals surface area contributed by atoms with E-state index in [1.165, 1.54) is 9.80 Å². The first-order valence-electron chi connectivity index (χ1n) is 10.2. The normalized spacial score (nSPS) is 22.3. The number of methoxy groups -OCH3 is 1. The summed E-state index contributed by atoms with van der Waals surface area (Å²) < 4.78 is 5.24. The molecular formula is C22H21Cl2N5O3. The fraction of sp³-hybridized carbons (Fsp3) is 0.318. The van der Waals surface area contributed by atoms with Gasteiger partial charge in [-0.3, -0.25) is 9.69 Å². The van der Waals surface area contributed by atoms with E-state index in [1.807, 2.05) is 29.2 Å². The molecule has 166 valence electrons. The number of urea groups is 1. The fourth-order valence-corrected chi connectivity index (χ4v) is 4.88. The highest BCUT2D eigenvalue weighted by atomic mass is 35.5. The molecule has 3 heterocycles. The molecule has 8 nitrogen and oxygen atoms in total. The van der Waals surface area contributed by atoms with Crippen molar-refractivity contribution >= 4 is 46.8 Å². The average Bonchev–Trinajstić information content (AvgIpc) is 3.36. The van der Waals surface area contributed by atoms with Crippen molar-refractivity contribution in [3.63, 3.8) is 0 Å². The van der Waals surface area contributed by atoms with Crippen LogP contribution in [0.1, 0.15) is 5.56 Å². The zero-order valence-electron chi connectivity index (χ0n) is 17.5. The third-order valence-electron chi connectivity index (χ3n) is 6.10. The molecule has 0 aromatic heterocycles. The largest absolute Gasteiger partial charge is 0.497 e. The molecule has 3 aliphatic heterocycles. The van der Waals surface area contributed by atoms with Gasteiger partial charge in [0.2, 0.25) is 5.96 Å². The smallest absolute Gasteiger partial charge is 0.328 e. The molecule has 0 bridgehead atoms. The second kappa shape index (κ2) is 7.86. The first kappa shape index (κ1) is 20.9. The minimum Gasteiger partial charge on any atom is -0.497 e. The van der Waals surface area contributed by atoms with Gasteiger partial charge in [-0.2, -0.15) is 0 Å². The van der Waals surface area contributed by atoms with Gasteiger partial charge in [0.05, 0.1) is 13.7 Å². The maximum Gasteiger partial charge on any atom is 0.328 e. The summed E-state index contributed by atoms with van der Waals surface area (Å²) in [6.45, 7) is 1.41. The number of aliphatic imine (C=N–C) groups is 1. The minimum absolute atomic E-state index is 0.0760. The van der Waals surface area contributed by atoms with Crippen molar-refractivity contribution in [1.29, 1.82) is 0 Å². The van der Waals surface area contributed by atoms with Crippen molar-refractivity contribution in [3.8, 4) is 5.75 Å². The maximum atomic E-state index is 13.5. The predicted octanol–water partition coefficient (Wildman–Crippen LogP) is 3.28. The number of halogens is 2. The molecule has 32 heavy (non-hydrogen) atoms. The lowest BCUT2D eigenvalue weighted by Gasteiger charge is -2.40. The number of hydrogen-bond acceptors (Lipinski definition) is 6. The number of rotatable bonds is 4. The lowest BCUT2D eigenvalue weighted by molar-refractivity contribution is -0.137. The Balaban J connectivity index is 1.42. The van der Waals surface area contributed by atoms with Crippen LogP contribution in [-0.4, -0.2) is 72.1 Å². The first-order chi connectivity index (χ1) is 15.4. The van der Waals surface area contributed by atoms with Gasteiger partial charge in [-0.1, -0.05) is 29.3 Å². The summed E-state index contributed by atoms with van der Waals surface area (Å²) in [5, 5.41) is 0.912. The van der Waals surface area contributed by atoms with E-state index >= 15 is 0 Å². The lowest BCUT2D eigenvalue weighted by Crippen LogP contribution is -2.64. The number of imide groups is 1. The molecule has 0 aliphatic carbocycles. The zero-order valence-corrected chi connectivity index (χ0v) is 19.0. The second-order valence-corrected chi connectivity index (χ2v) is 8.73. The van der Waals surface area contributed by atoms with E-state index in [4.69, 9.17) is 32.9 Å². The molecule has 0 spiro atoms. The fourth-order valence-electron chi connectivity index (χ4n) is 4.41. The first-order valence-corrected chi connectivity index (χ1v) is 10.9. The number of hydrogen-bond donors (Lipinski definition) is 0. The lowest BCUT2D eigenvalue weighted by atomic mass is 10.1. The molecule has 10 heteroatoms. The number of anilines is 1. The number of carbonyl (C=O) groups is 2. The second-order valence-electron chi connectivity index (χ2n) is 7.88. The van der Waals surface area contributed by atoms with Crippen molar-refractivity contribution in [1.82, 2.24) is 14.7 Å². The quantitative estimate of drug-likeness (QED) is 0.681. The summed E-state index contributed by atoms with van der Waals surface area (Å²) >= 11 is 12.3. The van der Waals surface area contributed by atoms with Crippen LogP contribution in [0.4, 0.5) is 10.5 Å².